The Morgan fingerprint density at radius 3 is 1.49 bits per heavy atom. The fraction of sp³-hybridized carbons (Fsp3) is 0.515. The van der Waals surface area contributed by atoms with E-state index in [1.165, 1.54) is 29.1 Å². The van der Waals surface area contributed by atoms with Gasteiger partial charge >= 0.3 is 12.4 Å². The fourth-order valence-corrected chi connectivity index (χ4v) is 5.99. The van der Waals surface area contributed by atoms with Gasteiger partial charge in [0.05, 0.1) is 13.1 Å². The van der Waals surface area contributed by atoms with E-state index in [2.05, 4.69) is 67.1 Å². The van der Waals surface area contributed by atoms with Crippen LogP contribution in [0.15, 0.2) is 22.9 Å². The Morgan fingerprint density at radius 1 is 0.709 bits per heavy atom. The monoisotopic (exact) mass is 854 g/mol. The Morgan fingerprint density at radius 2 is 1.11 bits per heavy atom. The molecule has 22 heteroatoms. The Balaban J connectivity index is 0.000000494. The molecule has 4 rings (SSSR count). The number of nitrogens with one attached hydrogen (secondary N) is 3. The van der Waals surface area contributed by atoms with E-state index in [4.69, 9.17) is 30.5 Å². The average molecular weight is 856 g/mol. The number of aryl methyl sites for hydroxylation is 2. The van der Waals surface area contributed by atoms with Gasteiger partial charge in [-0.2, -0.15) is 78.9 Å². The van der Waals surface area contributed by atoms with Gasteiger partial charge in [0, 0.05) is 25.0 Å². The van der Waals surface area contributed by atoms with Crippen molar-refractivity contribution in [1.29, 1.82) is 0 Å². The van der Waals surface area contributed by atoms with E-state index in [0.29, 0.717) is 55.1 Å². The van der Waals surface area contributed by atoms with E-state index in [-0.39, 0.29) is 29.9 Å². The lowest BCUT2D eigenvalue weighted by Crippen LogP contribution is -2.23. The molecule has 0 bridgehead atoms. The maximum absolute atomic E-state index is 13.0. The predicted molar refractivity (Wildman–Crippen MR) is 209 cm³/mol. The van der Waals surface area contributed by atoms with Crippen LogP contribution in [0.5, 0.6) is 0 Å². The number of hydrogen-bond donors (Lipinski definition) is 4. The summed E-state index contributed by atoms with van der Waals surface area (Å²) in [6.45, 7) is 22.8. The molecule has 0 fully saturated rings. The highest BCUT2D eigenvalue weighted by Crippen LogP contribution is 2.31. The summed E-state index contributed by atoms with van der Waals surface area (Å²) < 4.78 is 77.1. The highest BCUT2D eigenvalue weighted by molar-refractivity contribution is 7.14. The summed E-state index contributed by atoms with van der Waals surface area (Å²) in [6.07, 6.45) is -3.96. The van der Waals surface area contributed by atoms with Crippen LogP contribution in [-0.2, 0) is 25.2 Å². The van der Waals surface area contributed by atoms with E-state index >= 15 is 0 Å². The van der Waals surface area contributed by atoms with Gasteiger partial charge in [0.2, 0.25) is 44.8 Å². The lowest BCUT2D eigenvalue weighted by atomic mass is 10.1. The number of alkyl halides is 7. The number of halogens is 8. The Bertz CT molecular complexity index is 1790. The highest BCUT2D eigenvalue weighted by atomic mass is 35.5. The van der Waals surface area contributed by atoms with E-state index < -0.39 is 29.3 Å². The molecular weight excluding hydrogens is 813 g/mol. The van der Waals surface area contributed by atoms with Crippen molar-refractivity contribution in [2.75, 3.05) is 35.4 Å². The molecule has 0 amide bonds. The number of aromatic nitrogens is 6. The highest BCUT2D eigenvalue weighted by Gasteiger charge is 2.37. The van der Waals surface area contributed by atoms with E-state index in [9.17, 15) is 26.3 Å². The molecule has 0 saturated carbocycles. The molecule has 55 heavy (non-hydrogen) atoms. The van der Waals surface area contributed by atoms with Crippen LogP contribution in [-0.4, -0.2) is 61.5 Å². The minimum atomic E-state index is -4.69. The van der Waals surface area contributed by atoms with Crippen molar-refractivity contribution < 1.29 is 26.3 Å². The third kappa shape index (κ3) is 17.5. The standard InChI is InChI=1S/C16H19F3N6S.C14H13ClF3N5S.C2H7N.CH3Cl/c1-4-11(7-6-10-8-9-26-12(10)20-3)22-15-24-13(16(17,18)19)23-14(25-15)21-5-2;1-3-9(5-4-8-6-7-24-10(8)19-2)20-13-22-11(14(16,17)18)21-12(15)23-13;1-2-3;1-2/h8-9,11H,4-7H2,1-2H3,(H2,21,22,23,24,25);6-7,9H,3-5H2,1H3,(H,20,21,22,23);2-3H2,1H3;1H3. The van der Waals surface area contributed by atoms with Crippen LogP contribution in [0.25, 0.3) is 9.69 Å². The van der Waals surface area contributed by atoms with Crippen molar-refractivity contribution in [1.82, 2.24) is 29.9 Å². The third-order valence-electron chi connectivity index (χ3n) is 6.91. The van der Waals surface area contributed by atoms with Gasteiger partial charge in [-0.05, 0) is 85.5 Å². The lowest BCUT2D eigenvalue weighted by Gasteiger charge is -2.18. The van der Waals surface area contributed by atoms with Gasteiger partial charge in [-0.15, -0.1) is 11.6 Å². The summed E-state index contributed by atoms with van der Waals surface area (Å²) in [5, 5.41) is 13.0. The van der Waals surface area contributed by atoms with E-state index in [1.54, 1.807) is 6.92 Å². The molecule has 4 aromatic heterocycles. The number of nitrogens with zero attached hydrogens (tertiary/aromatic N) is 8. The van der Waals surface area contributed by atoms with Crippen LogP contribution < -0.4 is 21.7 Å². The van der Waals surface area contributed by atoms with Crippen LogP contribution in [0.2, 0.25) is 5.28 Å². The van der Waals surface area contributed by atoms with Gasteiger partial charge in [0.25, 0.3) is 0 Å². The zero-order valence-corrected chi connectivity index (χ0v) is 33.8. The molecule has 0 radical (unpaired) electrons. The minimum absolute atomic E-state index is 0.106. The second-order valence-corrected chi connectivity index (χ2v) is 12.9. The summed E-state index contributed by atoms with van der Waals surface area (Å²) in [6, 6.07) is 3.51. The number of thiophene rings is 2. The van der Waals surface area contributed by atoms with E-state index in [0.717, 1.165) is 17.7 Å². The molecule has 2 atom stereocenters. The van der Waals surface area contributed by atoms with Gasteiger partial charge in [-0.25, -0.2) is 9.69 Å². The molecular formula is C33H42Cl2F6N12S2. The number of hydrogen-bond acceptors (Lipinski definition) is 12. The Labute approximate surface area is 334 Å². The molecule has 0 aliphatic heterocycles. The molecule has 302 valence electrons. The predicted octanol–water partition coefficient (Wildman–Crippen LogP) is 10.6. The molecule has 4 aromatic rings. The summed E-state index contributed by atoms with van der Waals surface area (Å²) in [5.41, 5.74) is 6.73. The summed E-state index contributed by atoms with van der Waals surface area (Å²) in [5.74, 6) is -2.97. The van der Waals surface area contributed by atoms with Crippen LogP contribution in [0.4, 0.5) is 54.2 Å². The van der Waals surface area contributed by atoms with Crippen LogP contribution >= 0.6 is 45.9 Å². The van der Waals surface area contributed by atoms with Crippen LogP contribution in [0, 0.1) is 13.1 Å². The van der Waals surface area contributed by atoms with Gasteiger partial charge in [0.1, 0.15) is 0 Å². The number of nitrogens with two attached hydrogens (primary N) is 1. The van der Waals surface area contributed by atoms with E-state index in [1.807, 2.05) is 43.7 Å². The fourth-order valence-electron chi connectivity index (χ4n) is 4.36. The molecule has 2 unspecified atom stereocenters. The molecule has 4 heterocycles. The van der Waals surface area contributed by atoms with Gasteiger partial charge in [0.15, 0.2) is 0 Å². The molecule has 0 aliphatic carbocycles. The lowest BCUT2D eigenvalue weighted by molar-refractivity contribution is -0.145. The van der Waals surface area contributed by atoms with Gasteiger partial charge in [-0.1, -0.05) is 32.9 Å². The zero-order chi connectivity index (χ0) is 41.6. The van der Waals surface area contributed by atoms with Crippen molar-refractivity contribution >= 4 is 73.7 Å². The smallest absolute Gasteiger partial charge is 0.354 e. The molecule has 0 aromatic carbocycles. The number of anilines is 3. The molecule has 5 N–H and O–H groups in total. The molecule has 0 aliphatic rings. The molecule has 0 spiro atoms. The summed E-state index contributed by atoms with van der Waals surface area (Å²) in [4.78, 5) is 28.0. The normalized spacial score (nSPS) is 11.9. The SMILES string of the molecule is CCN.CCl.[C-]#[N+]c1sccc1CCC(CC)Nc1nc(Cl)nc(C(F)(F)F)n1.[C-]#[N+]c1sccc1CCC(CC)Nc1nc(NCC)nc(C(F)(F)F)n1. The second kappa shape index (κ2) is 25.2. The third-order valence-corrected chi connectivity index (χ3v) is 8.78. The van der Waals surface area contributed by atoms with Crippen molar-refractivity contribution in [3.63, 3.8) is 0 Å². The Hall–Kier alpha value is -4.08. The first-order valence-electron chi connectivity index (χ1n) is 16.7. The van der Waals surface area contributed by atoms with Gasteiger partial charge in [-0.3, -0.25) is 0 Å². The summed E-state index contributed by atoms with van der Waals surface area (Å²) >= 11 is 12.9. The topological polar surface area (TPSA) is 148 Å². The first-order chi connectivity index (χ1) is 26.1. The summed E-state index contributed by atoms with van der Waals surface area (Å²) in [7, 11) is 0. The zero-order valence-electron chi connectivity index (χ0n) is 30.6. The van der Waals surface area contributed by atoms with Crippen molar-refractivity contribution in [2.45, 2.75) is 90.7 Å². The minimum Gasteiger partial charge on any atom is -0.354 e. The van der Waals surface area contributed by atoms with Crippen molar-refractivity contribution in [3.8, 4) is 0 Å². The van der Waals surface area contributed by atoms with Crippen LogP contribution in [0.3, 0.4) is 0 Å². The van der Waals surface area contributed by atoms with Gasteiger partial charge < -0.3 is 21.7 Å². The molecule has 0 saturated heterocycles. The largest absolute Gasteiger partial charge is 0.451 e. The number of rotatable bonds is 14. The second-order valence-electron chi connectivity index (χ2n) is 10.8. The first kappa shape index (κ1) is 48.9. The maximum Gasteiger partial charge on any atom is 0.451 e. The first-order valence-corrected chi connectivity index (χ1v) is 19.6. The molecule has 12 nitrogen and oxygen atoms in total. The maximum atomic E-state index is 13.0. The Kier molecular flexibility index (Phi) is 22.4. The average Bonchev–Trinajstić information content (AvgIpc) is 3.81. The van der Waals surface area contributed by atoms with Crippen molar-refractivity contribution in [2.24, 2.45) is 5.73 Å². The van der Waals surface area contributed by atoms with Crippen molar-refractivity contribution in [3.05, 3.63) is 73.8 Å². The quantitative estimate of drug-likeness (QED) is 0.0549. The van der Waals surface area contributed by atoms with Crippen LogP contribution in [0.1, 0.15) is 76.2 Å².